The molecule has 7 heteroatoms. The van der Waals surface area contributed by atoms with Crippen LogP contribution in [0.1, 0.15) is 39.0 Å². The molecule has 1 saturated heterocycles. The summed E-state index contributed by atoms with van der Waals surface area (Å²) in [4.78, 5) is 26.2. The summed E-state index contributed by atoms with van der Waals surface area (Å²) in [5.74, 6) is -0.548. The number of amides is 2. The van der Waals surface area contributed by atoms with Gasteiger partial charge in [-0.15, -0.1) is 0 Å². The average molecular weight is 304 g/mol. The third-order valence-corrected chi connectivity index (χ3v) is 4.92. The Morgan fingerprint density at radius 3 is 2.33 bits per heavy atom. The maximum Gasteiger partial charge on any atom is 0.390 e. The molecule has 0 aromatic carbocycles. The maximum absolute atomic E-state index is 12.6. The molecule has 2 amide bonds. The van der Waals surface area contributed by atoms with Crippen molar-refractivity contribution in [2.75, 3.05) is 6.54 Å². The average Bonchev–Trinajstić information content (AvgIpc) is 3.25. The van der Waals surface area contributed by atoms with E-state index < -0.39 is 30.7 Å². The van der Waals surface area contributed by atoms with Gasteiger partial charge >= 0.3 is 6.18 Å². The topological polar surface area (TPSA) is 49.4 Å². The Labute approximate surface area is 121 Å². The van der Waals surface area contributed by atoms with Gasteiger partial charge < -0.3 is 10.2 Å². The Morgan fingerprint density at radius 1 is 1.24 bits per heavy atom. The highest BCUT2D eigenvalue weighted by Gasteiger charge is 2.59. The third-order valence-electron chi connectivity index (χ3n) is 4.92. The SMILES string of the molecule is CC1(C2CC2)C(=O)NC(C2CC2)C(=O)N1CCC(F)(F)F. The molecule has 0 radical (unpaired) electrons. The lowest BCUT2D eigenvalue weighted by molar-refractivity contribution is -0.166. The fourth-order valence-corrected chi connectivity index (χ4v) is 3.25. The third kappa shape index (κ3) is 2.62. The maximum atomic E-state index is 12.6. The van der Waals surface area contributed by atoms with Gasteiger partial charge in [-0.1, -0.05) is 0 Å². The van der Waals surface area contributed by atoms with Gasteiger partial charge in [0, 0.05) is 6.54 Å². The second-order valence-corrected chi connectivity index (χ2v) is 6.57. The van der Waals surface area contributed by atoms with Crippen LogP contribution < -0.4 is 5.32 Å². The van der Waals surface area contributed by atoms with Crippen LogP contribution in [-0.4, -0.2) is 41.0 Å². The highest BCUT2D eigenvalue weighted by atomic mass is 19.4. The molecule has 0 aromatic heterocycles. The number of carbonyl (C=O) groups excluding carboxylic acids is 2. The van der Waals surface area contributed by atoms with Gasteiger partial charge in [0.1, 0.15) is 11.6 Å². The first-order chi connectivity index (χ1) is 9.73. The Morgan fingerprint density at radius 2 is 1.86 bits per heavy atom. The molecule has 0 spiro atoms. The lowest BCUT2D eigenvalue weighted by Crippen LogP contribution is -2.71. The molecule has 2 aliphatic carbocycles. The summed E-state index contributed by atoms with van der Waals surface area (Å²) in [6, 6.07) is -0.627. The van der Waals surface area contributed by atoms with Crippen molar-refractivity contribution in [3.8, 4) is 0 Å². The van der Waals surface area contributed by atoms with Crippen LogP contribution in [0.15, 0.2) is 0 Å². The number of carbonyl (C=O) groups is 2. The number of rotatable bonds is 4. The molecule has 1 N–H and O–H groups in total. The monoisotopic (exact) mass is 304 g/mol. The smallest absolute Gasteiger partial charge is 0.342 e. The summed E-state index contributed by atoms with van der Waals surface area (Å²) in [6.07, 6.45) is -2.12. The van der Waals surface area contributed by atoms with E-state index in [0.29, 0.717) is 0 Å². The fraction of sp³-hybridized carbons (Fsp3) is 0.857. The van der Waals surface area contributed by atoms with Gasteiger partial charge in [-0.05, 0) is 44.4 Å². The molecule has 21 heavy (non-hydrogen) atoms. The normalized spacial score (nSPS) is 34.1. The number of alkyl halides is 3. The minimum absolute atomic E-state index is 0.0187. The summed E-state index contributed by atoms with van der Waals surface area (Å²) in [5.41, 5.74) is -1.12. The van der Waals surface area contributed by atoms with E-state index in [4.69, 9.17) is 0 Å². The number of halogens is 3. The predicted octanol–water partition coefficient (Wildman–Crippen LogP) is 1.84. The molecule has 2 atom stereocenters. The summed E-state index contributed by atoms with van der Waals surface area (Å²) in [5, 5.41) is 2.76. The Bertz CT molecular complexity index is 471. The van der Waals surface area contributed by atoms with Crippen molar-refractivity contribution in [1.29, 1.82) is 0 Å². The minimum atomic E-state index is -4.33. The molecule has 4 nitrogen and oxygen atoms in total. The summed E-state index contributed by atoms with van der Waals surface area (Å²) in [7, 11) is 0. The molecule has 1 aliphatic heterocycles. The molecule has 0 bridgehead atoms. The Balaban J connectivity index is 1.84. The van der Waals surface area contributed by atoms with Gasteiger partial charge in [-0.3, -0.25) is 9.59 Å². The molecule has 118 valence electrons. The largest absolute Gasteiger partial charge is 0.390 e. The van der Waals surface area contributed by atoms with Crippen LogP contribution in [0.3, 0.4) is 0 Å². The van der Waals surface area contributed by atoms with E-state index in [1.807, 2.05) is 0 Å². The van der Waals surface area contributed by atoms with Gasteiger partial charge in [0.05, 0.1) is 6.42 Å². The number of piperazine rings is 1. The van der Waals surface area contributed by atoms with Gasteiger partial charge in [0.2, 0.25) is 11.8 Å². The molecule has 0 aromatic rings. The van der Waals surface area contributed by atoms with Crippen LogP contribution in [0.2, 0.25) is 0 Å². The Hall–Kier alpha value is -1.27. The van der Waals surface area contributed by atoms with E-state index >= 15 is 0 Å². The van der Waals surface area contributed by atoms with Crippen molar-refractivity contribution in [2.45, 2.75) is 56.8 Å². The minimum Gasteiger partial charge on any atom is -0.342 e. The first kappa shape index (κ1) is 14.7. The van der Waals surface area contributed by atoms with E-state index in [2.05, 4.69) is 5.32 Å². The second kappa shape index (κ2) is 4.61. The summed E-state index contributed by atoms with van der Waals surface area (Å²) >= 11 is 0. The zero-order valence-corrected chi connectivity index (χ0v) is 11.9. The van der Waals surface area contributed by atoms with E-state index in [0.717, 1.165) is 25.7 Å². The first-order valence-electron chi connectivity index (χ1n) is 7.42. The molecular formula is C14H19F3N2O2. The first-order valence-corrected chi connectivity index (χ1v) is 7.42. The van der Waals surface area contributed by atoms with Crippen molar-refractivity contribution in [1.82, 2.24) is 10.2 Å². The zero-order chi connectivity index (χ0) is 15.4. The molecule has 2 unspecified atom stereocenters. The van der Waals surface area contributed by atoms with Crippen molar-refractivity contribution in [3.05, 3.63) is 0 Å². The van der Waals surface area contributed by atoms with Crippen LogP contribution in [-0.2, 0) is 9.59 Å². The highest BCUT2D eigenvalue weighted by molar-refractivity contribution is 6.00. The van der Waals surface area contributed by atoms with Crippen LogP contribution in [0.5, 0.6) is 0 Å². The molecular weight excluding hydrogens is 285 g/mol. The van der Waals surface area contributed by atoms with E-state index in [9.17, 15) is 22.8 Å². The molecule has 3 aliphatic rings. The lowest BCUT2D eigenvalue weighted by Gasteiger charge is -2.47. The summed E-state index contributed by atoms with van der Waals surface area (Å²) in [6.45, 7) is 1.18. The molecule has 3 rings (SSSR count). The fourth-order valence-electron chi connectivity index (χ4n) is 3.25. The molecule has 3 fully saturated rings. The van der Waals surface area contributed by atoms with Gasteiger partial charge in [0.15, 0.2) is 0 Å². The predicted molar refractivity (Wildman–Crippen MR) is 68.2 cm³/mol. The van der Waals surface area contributed by atoms with E-state index in [-0.39, 0.29) is 23.7 Å². The number of nitrogens with zero attached hydrogens (tertiary/aromatic N) is 1. The lowest BCUT2D eigenvalue weighted by atomic mass is 9.87. The van der Waals surface area contributed by atoms with E-state index in [1.165, 1.54) is 4.90 Å². The quantitative estimate of drug-likeness (QED) is 0.861. The zero-order valence-electron chi connectivity index (χ0n) is 11.9. The van der Waals surface area contributed by atoms with Crippen LogP contribution in [0.25, 0.3) is 0 Å². The number of nitrogens with one attached hydrogen (secondary N) is 1. The Kier molecular flexibility index (Phi) is 3.22. The second-order valence-electron chi connectivity index (χ2n) is 6.57. The standard InChI is InChI=1S/C14H19F3N2O2/c1-13(9-4-5-9)12(21)18-10(8-2-3-8)11(20)19(13)7-6-14(15,16)17/h8-10H,2-7H2,1H3,(H,18,21). The van der Waals surface area contributed by atoms with Crippen molar-refractivity contribution >= 4 is 11.8 Å². The summed E-state index contributed by atoms with van der Waals surface area (Å²) < 4.78 is 37.6. The van der Waals surface area contributed by atoms with Crippen molar-refractivity contribution < 1.29 is 22.8 Å². The van der Waals surface area contributed by atoms with Gasteiger partial charge in [0.25, 0.3) is 0 Å². The van der Waals surface area contributed by atoms with E-state index in [1.54, 1.807) is 6.92 Å². The molecule has 2 saturated carbocycles. The van der Waals surface area contributed by atoms with Crippen molar-refractivity contribution in [3.63, 3.8) is 0 Å². The number of hydrogen-bond acceptors (Lipinski definition) is 2. The van der Waals surface area contributed by atoms with Gasteiger partial charge in [-0.25, -0.2) is 0 Å². The van der Waals surface area contributed by atoms with Crippen LogP contribution >= 0.6 is 0 Å². The van der Waals surface area contributed by atoms with Crippen molar-refractivity contribution in [2.24, 2.45) is 11.8 Å². The van der Waals surface area contributed by atoms with Gasteiger partial charge in [-0.2, -0.15) is 13.2 Å². The molecule has 1 heterocycles. The highest BCUT2D eigenvalue weighted by Crippen LogP contribution is 2.47. The van der Waals surface area contributed by atoms with Crippen LogP contribution in [0.4, 0.5) is 13.2 Å². The van der Waals surface area contributed by atoms with Crippen LogP contribution in [0, 0.1) is 11.8 Å². The number of hydrogen-bond donors (Lipinski definition) is 1.